The SMILES string of the molecule is O=S(=O)(c1ccccc1)N(CC(c1ccccc1)c1cccc2ccccc12)S(=O)(=O)c1ccccc1. The molecule has 0 bridgehead atoms. The normalized spacial score (nSPS) is 13.0. The van der Waals surface area contributed by atoms with Crippen LogP contribution in [0.15, 0.2) is 143 Å². The molecule has 0 radical (unpaired) electrons. The van der Waals surface area contributed by atoms with Gasteiger partial charge in [0.25, 0.3) is 20.0 Å². The van der Waals surface area contributed by atoms with Crippen molar-refractivity contribution in [3.63, 3.8) is 0 Å². The van der Waals surface area contributed by atoms with Gasteiger partial charge in [-0.3, -0.25) is 0 Å². The highest BCUT2D eigenvalue weighted by Gasteiger charge is 2.39. The minimum absolute atomic E-state index is 0.0840. The molecule has 0 spiro atoms. The van der Waals surface area contributed by atoms with Gasteiger partial charge in [0.05, 0.1) is 9.79 Å². The van der Waals surface area contributed by atoms with Crippen molar-refractivity contribution in [2.75, 3.05) is 6.54 Å². The van der Waals surface area contributed by atoms with Gasteiger partial charge in [-0.2, -0.15) is 0 Å². The zero-order chi connectivity index (χ0) is 25.9. The van der Waals surface area contributed by atoms with E-state index in [0.717, 1.165) is 21.9 Å². The van der Waals surface area contributed by atoms with Crippen molar-refractivity contribution in [2.45, 2.75) is 15.7 Å². The van der Waals surface area contributed by atoms with E-state index in [1.54, 1.807) is 36.4 Å². The summed E-state index contributed by atoms with van der Waals surface area (Å²) < 4.78 is 56.5. The fourth-order valence-electron chi connectivity index (χ4n) is 4.52. The topological polar surface area (TPSA) is 71.5 Å². The van der Waals surface area contributed by atoms with E-state index in [9.17, 15) is 16.8 Å². The quantitative estimate of drug-likeness (QED) is 0.246. The standard InChI is InChI=1S/C30H25NO4S2/c32-36(33,26-17-6-2-7-18-26)31(37(34,35)27-19-8-3-9-20-27)23-30(25-13-4-1-5-14-25)29-22-12-16-24-15-10-11-21-28(24)29/h1-22,30H,23H2. The van der Waals surface area contributed by atoms with Gasteiger partial charge in [-0.05, 0) is 46.2 Å². The van der Waals surface area contributed by atoms with Crippen molar-refractivity contribution in [3.8, 4) is 0 Å². The molecule has 0 aliphatic heterocycles. The number of sulfonamides is 2. The van der Waals surface area contributed by atoms with E-state index in [0.29, 0.717) is 3.71 Å². The largest absolute Gasteiger partial charge is 0.256 e. The predicted octanol–water partition coefficient (Wildman–Crippen LogP) is 6.05. The second-order valence-electron chi connectivity index (χ2n) is 8.62. The average molecular weight is 528 g/mol. The minimum atomic E-state index is -4.43. The number of benzene rings is 5. The van der Waals surface area contributed by atoms with E-state index >= 15 is 0 Å². The van der Waals surface area contributed by atoms with Crippen molar-refractivity contribution in [1.29, 1.82) is 0 Å². The van der Waals surface area contributed by atoms with Crippen LogP contribution in [0.4, 0.5) is 0 Å². The first-order chi connectivity index (χ1) is 17.9. The molecule has 0 aromatic heterocycles. The molecule has 1 unspecified atom stereocenters. The Morgan fingerprint density at radius 1 is 0.514 bits per heavy atom. The zero-order valence-electron chi connectivity index (χ0n) is 19.9. The summed E-state index contributed by atoms with van der Waals surface area (Å²) in [6.45, 7) is -0.299. The monoisotopic (exact) mass is 527 g/mol. The molecule has 0 saturated carbocycles. The molecule has 0 aliphatic rings. The molecule has 186 valence electrons. The fraction of sp³-hybridized carbons (Fsp3) is 0.0667. The molecule has 5 rings (SSSR count). The van der Waals surface area contributed by atoms with Gasteiger partial charge in [-0.1, -0.05) is 113 Å². The smallest absolute Gasteiger partial charge is 0.206 e. The van der Waals surface area contributed by atoms with Gasteiger partial charge in [0.2, 0.25) is 0 Å². The van der Waals surface area contributed by atoms with Gasteiger partial charge in [0.15, 0.2) is 0 Å². The molecule has 0 N–H and O–H groups in total. The lowest BCUT2D eigenvalue weighted by Crippen LogP contribution is -2.40. The summed E-state index contributed by atoms with van der Waals surface area (Å²) in [6.07, 6.45) is 0. The molecule has 7 heteroatoms. The highest BCUT2D eigenvalue weighted by Crippen LogP contribution is 2.35. The molecule has 0 heterocycles. The highest BCUT2D eigenvalue weighted by molar-refractivity contribution is 8.04. The van der Waals surface area contributed by atoms with Gasteiger partial charge in [0.1, 0.15) is 0 Å². The summed E-state index contributed by atoms with van der Waals surface area (Å²) in [5.74, 6) is -0.552. The van der Waals surface area contributed by atoms with Crippen LogP contribution in [0.2, 0.25) is 0 Å². The van der Waals surface area contributed by atoms with Crippen molar-refractivity contribution in [3.05, 3.63) is 145 Å². The Kier molecular flexibility index (Phi) is 6.93. The third-order valence-corrected chi connectivity index (χ3v) is 10.6. The molecule has 0 aliphatic carbocycles. The number of nitrogens with zero attached hydrogens (tertiary/aromatic N) is 1. The Morgan fingerprint density at radius 2 is 0.973 bits per heavy atom. The maximum atomic E-state index is 14.0. The molecular weight excluding hydrogens is 502 g/mol. The lowest BCUT2D eigenvalue weighted by Gasteiger charge is -2.28. The average Bonchev–Trinajstić information content (AvgIpc) is 2.94. The van der Waals surface area contributed by atoms with Gasteiger partial charge in [-0.15, -0.1) is 0 Å². The predicted molar refractivity (Wildman–Crippen MR) is 146 cm³/mol. The van der Waals surface area contributed by atoms with Crippen LogP contribution in [-0.2, 0) is 20.0 Å². The van der Waals surface area contributed by atoms with Crippen LogP contribution < -0.4 is 0 Å². The molecule has 37 heavy (non-hydrogen) atoms. The minimum Gasteiger partial charge on any atom is -0.206 e. The molecule has 5 nitrogen and oxygen atoms in total. The summed E-state index contributed by atoms with van der Waals surface area (Å²) in [5.41, 5.74) is 1.66. The molecule has 0 saturated heterocycles. The number of hydrogen-bond acceptors (Lipinski definition) is 4. The molecule has 5 aromatic rings. The second-order valence-corrected chi connectivity index (χ2v) is 12.6. The van der Waals surface area contributed by atoms with Crippen LogP contribution in [0.5, 0.6) is 0 Å². The first-order valence-electron chi connectivity index (χ1n) is 11.8. The molecule has 5 aromatic carbocycles. The van der Waals surface area contributed by atoms with E-state index in [-0.39, 0.29) is 16.3 Å². The summed E-state index contributed by atoms with van der Waals surface area (Å²) in [6, 6.07) is 38.4. The number of fused-ring (bicyclic) bond motifs is 1. The van der Waals surface area contributed by atoms with E-state index in [4.69, 9.17) is 0 Å². The summed E-state index contributed by atoms with van der Waals surface area (Å²) >= 11 is 0. The maximum Gasteiger partial charge on any atom is 0.256 e. The van der Waals surface area contributed by atoms with Crippen LogP contribution in [0.25, 0.3) is 10.8 Å². The Hall–Kier alpha value is -3.78. The maximum absolute atomic E-state index is 14.0. The van der Waals surface area contributed by atoms with E-state index < -0.39 is 26.0 Å². The molecule has 1 atom stereocenters. The lowest BCUT2D eigenvalue weighted by molar-refractivity contribution is 0.486. The number of rotatable bonds is 8. The summed E-state index contributed by atoms with van der Waals surface area (Å²) in [7, 11) is -8.85. The van der Waals surface area contributed by atoms with Crippen LogP contribution in [0, 0.1) is 0 Å². The van der Waals surface area contributed by atoms with Crippen LogP contribution in [0.1, 0.15) is 17.0 Å². The van der Waals surface area contributed by atoms with Crippen LogP contribution in [0.3, 0.4) is 0 Å². The summed E-state index contributed by atoms with van der Waals surface area (Å²) in [5, 5.41) is 1.93. The van der Waals surface area contributed by atoms with Crippen molar-refractivity contribution in [1.82, 2.24) is 3.71 Å². The van der Waals surface area contributed by atoms with Crippen LogP contribution in [-0.4, -0.2) is 27.1 Å². The third kappa shape index (κ3) is 4.93. The van der Waals surface area contributed by atoms with Crippen LogP contribution >= 0.6 is 0 Å². The lowest BCUT2D eigenvalue weighted by atomic mass is 9.88. The first-order valence-corrected chi connectivity index (χ1v) is 14.7. The van der Waals surface area contributed by atoms with Crippen molar-refractivity contribution in [2.24, 2.45) is 0 Å². The van der Waals surface area contributed by atoms with Crippen molar-refractivity contribution < 1.29 is 16.8 Å². The van der Waals surface area contributed by atoms with Gasteiger partial charge >= 0.3 is 0 Å². The Morgan fingerprint density at radius 3 is 1.54 bits per heavy atom. The van der Waals surface area contributed by atoms with E-state index in [1.165, 1.54) is 24.3 Å². The Bertz CT molecular complexity index is 1650. The van der Waals surface area contributed by atoms with Crippen molar-refractivity contribution >= 4 is 30.8 Å². The highest BCUT2D eigenvalue weighted by atomic mass is 32.3. The molecular formula is C30H25NO4S2. The first kappa shape index (κ1) is 24.9. The van der Waals surface area contributed by atoms with E-state index in [2.05, 4.69) is 0 Å². The molecule has 0 fully saturated rings. The van der Waals surface area contributed by atoms with E-state index in [1.807, 2.05) is 72.8 Å². The number of hydrogen-bond donors (Lipinski definition) is 0. The Balaban J connectivity index is 1.73. The fourth-order valence-corrected chi connectivity index (χ4v) is 8.23. The summed E-state index contributed by atoms with van der Waals surface area (Å²) in [4.78, 5) is -0.168. The third-order valence-electron chi connectivity index (χ3n) is 6.35. The molecule has 0 amide bonds. The second kappa shape index (κ2) is 10.3. The van der Waals surface area contributed by atoms with Gasteiger partial charge in [0, 0.05) is 12.5 Å². The zero-order valence-corrected chi connectivity index (χ0v) is 21.5. The Labute approximate surface area is 217 Å². The van der Waals surface area contributed by atoms with Gasteiger partial charge < -0.3 is 0 Å². The van der Waals surface area contributed by atoms with Gasteiger partial charge in [-0.25, -0.2) is 16.8 Å².